The van der Waals surface area contributed by atoms with Crippen molar-refractivity contribution < 1.29 is 8.78 Å². The third-order valence-corrected chi connectivity index (χ3v) is 2.91. The van der Waals surface area contributed by atoms with Gasteiger partial charge >= 0.3 is 0 Å². The summed E-state index contributed by atoms with van der Waals surface area (Å²) >= 11 is 0. The lowest BCUT2D eigenvalue weighted by atomic mass is 9.84. The van der Waals surface area contributed by atoms with Crippen LogP contribution in [-0.2, 0) is 5.41 Å². The molecule has 0 aliphatic heterocycles. The van der Waals surface area contributed by atoms with E-state index in [0.717, 1.165) is 5.56 Å². The van der Waals surface area contributed by atoms with Crippen molar-refractivity contribution in [2.45, 2.75) is 45.4 Å². The molecule has 0 nitrogen and oxygen atoms in total. The van der Waals surface area contributed by atoms with E-state index in [1.165, 1.54) is 6.07 Å². The van der Waals surface area contributed by atoms with Gasteiger partial charge in [0, 0.05) is 0 Å². The molecule has 0 amide bonds. The van der Waals surface area contributed by atoms with Gasteiger partial charge in [0.2, 0.25) is 0 Å². The molecule has 0 radical (unpaired) electrons. The Morgan fingerprint density at radius 3 is 2.38 bits per heavy atom. The van der Waals surface area contributed by atoms with Crippen molar-refractivity contribution in [3.05, 3.63) is 35.1 Å². The van der Waals surface area contributed by atoms with Gasteiger partial charge < -0.3 is 0 Å². The highest BCUT2D eigenvalue weighted by Crippen LogP contribution is 2.29. The van der Waals surface area contributed by atoms with E-state index in [-0.39, 0.29) is 23.8 Å². The van der Waals surface area contributed by atoms with Gasteiger partial charge in [0.15, 0.2) is 0 Å². The molecule has 0 aliphatic carbocycles. The van der Waals surface area contributed by atoms with Gasteiger partial charge in [-0.15, -0.1) is 0 Å². The second-order valence-corrected chi connectivity index (χ2v) is 5.37. The number of halogens is 2. The van der Waals surface area contributed by atoms with Crippen LogP contribution in [0.1, 0.15) is 51.2 Å². The summed E-state index contributed by atoms with van der Waals surface area (Å²) in [6.07, 6.45) is 0.495. The molecule has 1 unspecified atom stereocenters. The third-order valence-electron chi connectivity index (χ3n) is 2.91. The Kier molecular flexibility index (Phi) is 4.06. The normalized spacial score (nSPS) is 13.9. The van der Waals surface area contributed by atoms with E-state index in [2.05, 4.69) is 0 Å². The molecular formula is C14H20F2. The van der Waals surface area contributed by atoms with Crippen LogP contribution in [0, 0.1) is 5.82 Å². The molecule has 16 heavy (non-hydrogen) atoms. The average molecular weight is 226 g/mol. The summed E-state index contributed by atoms with van der Waals surface area (Å²) in [4.78, 5) is 0. The van der Waals surface area contributed by atoms with Crippen LogP contribution in [-0.4, -0.2) is 6.67 Å². The number of hydrogen-bond donors (Lipinski definition) is 0. The zero-order valence-electron chi connectivity index (χ0n) is 10.5. The van der Waals surface area contributed by atoms with Crippen molar-refractivity contribution in [3.63, 3.8) is 0 Å². The van der Waals surface area contributed by atoms with Crippen molar-refractivity contribution in [1.29, 1.82) is 0 Å². The molecule has 0 fully saturated rings. The summed E-state index contributed by atoms with van der Waals surface area (Å²) in [7, 11) is 0. The smallest absolute Gasteiger partial charge is 0.126 e. The van der Waals surface area contributed by atoms with Crippen molar-refractivity contribution in [3.8, 4) is 0 Å². The van der Waals surface area contributed by atoms with Gasteiger partial charge in [-0.05, 0) is 34.9 Å². The first kappa shape index (κ1) is 13.1. The molecular weight excluding hydrogens is 206 g/mol. The summed E-state index contributed by atoms with van der Waals surface area (Å²) in [6.45, 7) is 7.59. The molecule has 90 valence electrons. The van der Waals surface area contributed by atoms with E-state index < -0.39 is 0 Å². The van der Waals surface area contributed by atoms with Gasteiger partial charge in [-0.3, -0.25) is 4.39 Å². The summed E-state index contributed by atoms with van der Waals surface area (Å²) in [5, 5.41) is 0. The summed E-state index contributed by atoms with van der Waals surface area (Å²) < 4.78 is 25.9. The minimum atomic E-state index is -0.330. The molecule has 2 heteroatoms. The van der Waals surface area contributed by atoms with Crippen LogP contribution in [0.4, 0.5) is 8.78 Å². The summed E-state index contributed by atoms with van der Waals surface area (Å²) in [6, 6.07) is 5.12. The fourth-order valence-electron chi connectivity index (χ4n) is 1.75. The maximum absolute atomic E-state index is 13.6. The standard InChI is InChI=1S/C14H20F2/c1-10(7-8-15)11-5-6-13(16)12(9-11)14(2,3)4/h5-6,9-10H,7-8H2,1-4H3. The van der Waals surface area contributed by atoms with Gasteiger partial charge in [-0.1, -0.05) is 39.8 Å². The minimum absolute atomic E-state index is 0.145. The number of hydrogen-bond acceptors (Lipinski definition) is 0. The molecule has 0 bridgehead atoms. The quantitative estimate of drug-likeness (QED) is 0.707. The SMILES string of the molecule is CC(CCF)c1ccc(F)c(C(C)(C)C)c1. The summed E-state index contributed by atoms with van der Waals surface area (Å²) in [5.41, 5.74) is 1.51. The predicted molar refractivity (Wildman–Crippen MR) is 64.1 cm³/mol. The van der Waals surface area contributed by atoms with Crippen molar-refractivity contribution in [2.75, 3.05) is 6.67 Å². The molecule has 0 N–H and O–H groups in total. The van der Waals surface area contributed by atoms with Crippen LogP contribution in [0.2, 0.25) is 0 Å². The van der Waals surface area contributed by atoms with Crippen LogP contribution in [0.25, 0.3) is 0 Å². The molecule has 1 atom stereocenters. The topological polar surface area (TPSA) is 0 Å². The van der Waals surface area contributed by atoms with Crippen LogP contribution in [0.3, 0.4) is 0 Å². The van der Waals surface area contributed by atoms with E-state index in [9.17, 15) is 8.78 Å². The van der Waals surface area contributed by atoms with E-state index in [1.807, 2.05) is 33.8 Å². The lowest BCUT2D eigenvalue weighted by molar-refractivity contribution is 0.447. The Morgan fingerprint density at radius 2 is 1.88 bits per heavy atom. The molecule has 0 saturated carbocycles. The van der Waals surface area contributed by atoms with Gasteiger partial charge in [-0.25, -0.2) is 4.39 Å². The Bertz CT molecular complexity index is 350. The first-order valence-electron chi connectivity index (χ1n) is 5.72. The van der Waals surface area contributed by atoms with E-state index >= 15 is 0 Å². The molecule has 1 aromatic carbocycles. The highest BCUT2D eigenvalue weighted by Gasteiger charge is 2.19. The van der Waals surface area contributed by atoms with Gasteiger partial charge in [-0.2, -0.15) is 0 Å². The van der Waals surface area contributed by atoms with E-state index in [1.54, 1.807) is 6.07 Å². The Morgan fingerprint density at radius 1 is 1.25 bits per heavy atom. The first-order valence-corrected chi connectivity index (χ1v) is 5.72. The van der Waals surface area contributed by atoms with Gasteiger partial charge in [0.05, 0.1) is 6.67 Å². The third kappa shape index (κ3) is 3.03. The van der Waals surface area contributed by atoms with Gasteiger partial charge in [0.25, 0.3) is 0 Å². The fraction of sp³-hybridized carbons (Fsp3) is 0.571. The van der Waals surface area contributed by atoms with Crippen molar-refractivity contribution in [2.24, 2.45) is 0 Å². The maximum Gasteiger partial charge on any atom is 0.126 e. The highest BCUT2D eigenvalue weighted by molar-refractivity contribution is 5.31. The second-order valence-electron chi connectivity index (χ2n) is 5.37. The zero-order valence-corrected chi connectivity index (χ0v) is 10.5. The lowest BCUT2D eigenvalue weighted by Gasteiger charge is -2.22. The molecule has 1 aromatic rings. The Hall–Kier alpha value is -0.920. The first-order chi connectivity index (χ1) is 7.36. The number of alkyl halides is 1. The van der Waals surface area contributed by atoms with Crippen LogP contribution in [0.5, 0.6) is 0 Å². The summed E-state index contributed by atoms with van der Waals surface area (Å²) in [5.74, 6) is -0.0320. The van der Waals surface area contributed by atoms with Crippen LogP contribution < -0.4 is 0 Å². The maximum atomic E-state index is 13.6. The predicted octanol–water partition coefficient (Wildman–Crippen LogP) is 4.59. The highest BCUT2D eigenvalue weighted by atomic mass is 19.1. The molecule has 1 rings (SSSR count). The lowest BCUT2D eigenvalue weighted by Crippen LogP contribution is -2.14. The average Bonchev–Trinajstić information content (AvgIpc) is 2.16. The Balaban J connectivity index is 3.07. The number of benzene rings is 1. The van der Waals surface area contributed by atoms with E-state index in [4.69, 9.17) is 0 Å². The van der Waals surface area contributed by atoms with Crippen molar-refractivity contribution >= 4 is 0 Å². The number of rotatable bonds is 3. The molecule has 0 spiro atoms. The molecule has 0 aromatic heterocycles. The van der Waals surface area contributed by atoms with E-state index in [0.29, 0.717) is 12.0 Å². The monoisotopic (exact) mass is 226 g/mol. The Labute approximate surface area is 96.7 Å². The molecule has 0 saturated heterocycles. The fourth-order valence-corrected chi connectivity index (χ4v) is 1.75. The zero-order chi connectivity index (χ0) is 12.3. The second kappa shape index (κ2) is 4.94. The molecule has 0 aliphatic rings. The molecule has 0 heterocycles. The largest absolute Gasteiger partial charge is 0.251 e. The van der Waals surface area contributed by atoms with Crippen LogP contribution in [0.15, 0.2) is 18.2 Å². The van der Waals surface area contributed by atoms with Crippen molar-refractivity contribution in [1.82, 2.24) is 0 Å². The van der Waals surface area contributed by atoms with Gasteiger partial charge in [0.1, 0.15) is 5.82 Å². The van der Waals surface area contributed by atoms with Crippen LogP contribution >= 0.6 is 0 Å². The minimum Gasteiger partial charge on any atom is -0.251 e.